The van der Waals surface area contributed by atoms with E-state index in [2.05, 4.69) is 15.6 Å². The number of phenolic OH excluding ortho intramolecular Hbond substituents is 2. The molecule has 150 valence electrons. The molecule has 1 amide bonds. The number of rotatable bonds is 5. The fourth-order valence-corrected chi connectivity index (χ4v) is 4.29. The number of thiazole rings is 1. The van der Waals surface area contributed by atoms with Crippen molar-refractivity contribution in [3.63, 3.8) is 0 Å². The van der Waals surface area contributed by atoms with Crippen molar-refractivity contribution in [3.8, 4) is 22.8 Å². The lowest BCUT2D eigenvalue weighted by molar-refractivity contribution is 0.0927. The van der Waals surface area contributed by atoms with Crippen LogP contribution in [0.1, 0.15) is 42.5 Å². The number of anilines is 2. The molecule has 4 N–H and O–H groups in total. The number of aromatic nitrogens is 1. The summed E-state index contributed by atoms with van der Waals surface area (Å²) >= 11 is 1.42. The Bertz CT molecular complexity index is 975. The second-order valence-corrected chi connectivity index (χ2v) is 8.14. The molecule has 1 fully saturated rings. The zero-order chi connectivity index (χ0) is 20.2. The summed E-state index contributed by atoms with van der Waals surface area (Å²) in [7, 11) is 0. The Hall–Kier alpha value is -3.06. The summed E-state index contributed by atoms with van der Waals surface area (Å²) < 4.78 is 0. The van der Waals surface area contributed by atoms with Crippen molar-refractivity contribution in [2.45, 2.75) is 38.1 Å². The summed E-state index contributed by atoms with van der Waals surface area (Å²) in [4.78, 5) is 16.9. The highest BCUT2D eigenvalue weighted by atomic mass is 32.1. The largest absolute Gasteiger partial charge is 0.508 e. The summed E-state index contributed by atoms with van der Waals surface area (Å²) in [5, 5.41) is 28.2. The van der Waals surface area contributed by atoms with Crippen molar-refractivity contribution >= 4 is 28.1 Å². The van der Waals surface area contributed by atoms with E-state index in [0.717, 1.165) is 18.5 Å². The van der Waals surface area contributed by atoms with E-state index in [1.54, 1.807) is 12.1 Å². The highest BCUT2D eigenvalue weighted by Crippen LogP contribution is 2.31. The summed E-state index contributed by atoms with van der Waals surface area (Å²) in [5.74, 6) is -0.0436. The molecule has 4 rings (SSSR count). The van der Waals surface area contributed by atoms with Crippen molar-refractivity contribution in [1.29, 1.82) is 0 Å². The maximum absolute atomic E-state index is 12.4. The predicted molar refractivity (Wildman–Crippen MR) is 115 cm³/mol. The number of nitrogens with zero attached hydrogens (tertiary/aromatic N) is 1. The normalized spacial score (nSPS) is 14.5. The van der Waals surface area contributed by atoms with Gasteiger partial charge < -0.3 is 20.8 Å². The van der Waals surface area contributed by atoms with E-state index in [1.165, 1.54) is 36.7 Å². The number of nitrogens with one attached hydrogen (secondary N) is 2. The van der Waals surface area contributed by atoms with Crippen molar-refractivity contribution < 1.29 is 15.0 Å². The predicted octanol–water partition coefficient (Wildman–Crippen LogP) is 5.03. The summed E-state index contributed by atoms with van der Waals surface area (Å²) in [5.41, 5.74) is 2.78. The molecule has 1 aliphatic carbocycles. The van der Waals surface area contributed by atoms with Crippen LogP contribution in [0.3, 0.4) is 0 Å². The molecule has 6 nitrogen and oxygen atoms in total. The standard InChI is InChI=1S/C22H23N3O3S/c26-18-10-15(11-19(27)12-18)20-13-29-22(25-20)24-17-8-6-14(7-9-17)21(28)23-16-4-2-1-3-5-16/h6-13,16,26-27H,1-5H2,(H,23,28)(H,24,25). The van der Waals surface area contributed by atoms with Crippen LogP contribution in [0.2, 0.25) is 0 Å². The first-order chi connectivity index (χ1) is 14.1. The lowest BCUT2D eigenvalue weighted by atomic mass is 9.95. The van der Waals surface area contributed by atoms with Crippen LogP contribution in [0.25, 0.3) is 11.3 Å². The minimum atomic E-state index is -0.0244. The number of hydrogen-bond donors (Lipinski definition) is 4. The maximum atomic E-state index is 12.4. The highest BCUT2D eigenvalue weighted by molar-refractivity contribution is 7.14. The van der Waals surface area contributed by atoms with E-state index >= 15 is 0 Å². The molecule has 3 aromatic rings. The Morgan fingerprint density at radius 2 is 1.69 bits per heavy atom. The molecule has 0 aliphatic heterocycles. The van der Waals surface area contributed by atoms with Crippen LogP contribution in [-0.2, 0) is 0 Å². The molecule has 2 aromatic carbocycles. The van der Waals surface area contributed by atoms with Crippen molar-refractivity contribution in [3.05, 3.63) is 53.4 Å². The van der Waals surface area contributed by atoms with E-state index in [9.17, 15) is 15.0 Å². The number of phenols is 2. The monoisotopic (exact) mass is 409 g/mol. The first kappa shape index (κ1) is 19.3. The van der Waals surface area contributed by atoms with E-state index in [4.69, 9.17) is 0 Å². The summed E-state index contributed by atoms with van der Waals surface area (Å²) in [6.07, 6.45) is 5.76. The van der Waals surface area contributed by atoms with Gasteiger partial charge in [0, 0.05) is 34.3 Å². The molecule has 29 heavy (non-hydrogen) atoms. The lowest BCUT2D eigenvalue weighted by Crippen LogP contribution is -2.36. The Morgan fingerprint density at radius 1 is 1.00 bits per heavy atom. The molecule has 7 heteroatoms. The fraction of sp³-hybridized carbons (Fsp3) is 0.273. The summed E-state index contributed by atoms with van der Waals surface area (Å²) in [6, 6.07) is 12.0. The SMILES string of the molecule is O=C(NC1CCCCC1)c1ccc(Nc2nc(-c3cc(O)cc(O)c3)cs2)cc1. The van der Waals surface area contributed by atoms with Crippen LogP contribution in [0.5, 0.6) is 11.5 Å². The van der Waals surface area contributed by atoms with Gasteiger partial charge in [0.25, 0.3) is 5.91 Å². The van der Waals surface area contributed by atoms with Crippen LogP contribution >= 0.6 is 11.3 Å². The number of amides is 1. The molecule has 1 aromatic heterocycles. The van der Waals surface area contributed by atoms with Crippen LogP contribution in [-0.4, -0.2) is 27.1 Å². The van der Waals surface area contributed by atoms with Gasteiger partial charge in [-0.1, -0.05) is 19.3 Å². The minimum Gasteiger partial charge on any atom is -0.508 e. The van der Waals surface area contributed by atoms with Crippen LogP contribution in [0.4, 0.5) is 10.8 Å². The molecule has 0 unspecified atom stereocenters. The first-order valence-electron chi connectivity index (χ1n) is 9.74. The van der Waals surface area contributed by atoms with Crippen LogP contribution in [0, 0.1) is 0 Å². The maximum Gasteiger partial charge on any atom is 0.251 e. The van der Waals surface area contributed by atoms with Crippen LogP contribution < -0.4 is 10.6 Å². The van der Waals surface area contributed by atoms with E-state index in [1.807, 2.05) is 29.6 Å². The van der Waals surface area contributed by atoms with Gasteiger partial charge in [0.1, 0.15) is 11.5 Å². The van der Waals surface area contributed by atoms with Gasteiger partial charge in [-0.05, 0) is 49.2 Å². The topological polar surface area (TPSA) is 94.5 Å². The second kappa shape index (κ2) is 8.53. The Labute approximate surface area is 173 Å². The second-order valence-electron chi connectivity index (χ2n) is 7.29. The Morgan fingerprint density at radius 3 is 2.38 bits per heavy atom. The third kappa shape index (κ3) is 4.86. The average Bonchev–Trinajstić information content (AvgIpc) is 3.17. The third-order valence-electron chi connectivity index (χ3n) is 5.04. The van der Waals surface area contributed by atoms with Gasteiger partial charge in [-0.15, -0.1) is 11.3 Å². The number of carbonyl (C=O) groups is 1. The molecule has 1 saturated carbocycles. The van der Waals surface area contributed by atoms with Gasteiger partial charge in [-0.3, -0.25) is 4.79 Å². The first-order valence-corrected chi connectivity index (χ1v) is 10.6. The highest BCUT2D eigenvalue weighted by Gasteiger charge is 2.16. The van der Waals surface area contributed by atoms with Gasteiger partial charge >= 0.3 is 0 Å². The molecule has 0 spiro atoms. The fourth-order valence-electron chi connectivity index (χ4n) is 3.55. The van der Waals surface area contributed by atoms with Gasteiger partial charge in [0.2, 0.25) is 0 Å². The lowest BCUT2D eigenvalue weighted by Gasteiger charge is -2.22. The number of carbonyl (C=O) groups excluding carboxylic acids is 1. The molecule has 0 atom stereocenters. The van der Waals surface area contributed by atoms with Gasteiger partial charge in [-0.2, -0.15) is 0 Å². The van der Waals surface area contributed by atoms with Crippen molar-refractivity contribution in [2.75, 3.05) is 5.32 Å². The van der Waals surface area contributed by atoms with E-state index < -0.39 is 0 Å². The van der Waals surface area contributed by atoms with E-state index in [0.29, 0.717) is 28.0 Å². The Balaban J connectivity index is 1.40. The Kier molecular flexibility index (Phi) is 5.67. The molecule has 1 aliphatic rings. The summed E-state index contributed by atoms with van der Waals surface area (Å²) in [6.45, 7) is 0. The quantitative estimate of drug-likeness (QED) is 0.474. The zero-order valence-corrected chi connectivity index (χ0v) is 16.7. The smallest absolute Gasteiger partial charge is 0.251 e. The molecule has 1 heterocycles. The number of aromatic hydroxyl groups is 2. The minimum absolute atomic E-state index is 0.00963. The zero-order valence-electron chi connectivity index (χ0n) is 15.9. The van der Waals surface area contributed by atoms with Crippen molar-refractivity contribution in [1.82, 2.24) is 10.3 Å². The van der Waals surface area contributed by atoms with Gasteiger partial charge in [-0.25, -0.2) is 4.98 Å². The van der Waals surface area contributed by atoms with E-state index in [-0.39, 0.29) is 17.4 Å². The van der Waals surface area contributed by atoms with Gasteiger partial charge in [0.05, 0.1) is 5.69 Å². The third-order valence-corrected chi connectivity index (χ3v) is 5.80. The average molecular weight is 410 g/mol. The number of benzene rings is 2. The van der Waals surface area contributed by atoms with Gasteiger partial charge in [0.15, 0.2) is 5.13 Å². The molecule has 0 saturated heterocycles. The van der Waals surface area contributed by atoms with Crippen LogP contribution in [0.15, 0.2) is 47.8 Å². The molecule has 0 bridgehead atoms. The van der Waals surface area contributed by atoms with Crippen molar-refractivity contribution in [2.24, 2.45) is 0 Å². The molecule has 0 radical (unpaired) electrons. The number of hydrogen-bond acceptors (Lipinski definition) is 6. The molecular weight excluding hydrogens is 386 g/mol. The molecular formula is C22H23N3O3S.